The van der Waals surface area contributed by atoms with Crippen molar-refractivity contribution in [3.63, 3.8) is 0 Å². The molecule has 3 nitrogen and oxygen atoms in total. The second-order valence-corrected chi connectivity index (χ2v) is 10.7. The molecule has 0 saturated heterocycles. The fourth-order valence-electron chi connectivity index (χ4n) is 3.23. The molecule has 1 aromatic carbocycles. The summed E-state index contributed by atoms with van der Waals surface area (Å²) in [6, 6.07) is 5.65. The summed E-state index contributed by atoms with van der Waals surface area (Å²) in [7, 11) is 0. The zero-order valence-corrected chi connectivity index (χ0v) is 19.8. The molecule has 0 N–H and O–H groups in total. The Kier molecular flexibility index (Phi) is 6.17. The first kappa shape index (κ1) is 20.8. The molecule has 0 aliphatic carbocycles. The smallest absolute Gasteiger partial charge is 0.189 e. The van der Waals surface area contributed by atoms with Crippen LogP contribution >= 0.6 is 58.1 Å². The summed E-state index contributed by atoms with van der Waals surface area (Å²) in [5, 5.41) is 4.36. The van der Waals surface area contributed by atoms with Gasteiger partial charge in [0.25, 0.3) is 0 Å². The first-order valence-electron chi connectivity index (χ1n) is 8.99. The molecular formula is C20H20Cl2N2OS3. The van der Waals surface area contributed by atoms with Crippen molar-refractivity contribution in [2.45, 2.75) is 54.8 Å². The van der Waals surface area contributed by atoms with E-state index in [2.05, 4.69) is 13.8 Å². The van der Waals surface area contributed by atoms with E-state index in [1.54, 1.807) is 40.9 Å². The fourth-order valence-corrected chi connectivity index (χ4v) is 6.49. The number of hydrogen-bond donors (Lipinski definition) is 0. The van der Waals surface area contributed by atoms with Crippen molar-refractivity contribution < 1.29 is 4.74 Å². The molecule has 28 heavy (non-hydrogen) atoms. The Morgan fingerprint density at radius 1 is 1.29 bits per heavy atom. The summed E-state index contributed by atoms with van der Waals surface area (Å²) in [5.41, 5.74) is 2.29. The van der Waals surface area contributed by atoms with Crippen molar-refractivity contribution in [1.29, 1.82) is 0 Å². The molecule has 0 radical (unpaired) electrons. The molecule has 0 fully saturated rings. The maximum absolute atomic E-state index is 6.37. The van der Waals surface area contributed by atoms with E-state index in [0.717, 1.165) is 39.2 Å². The van der Waals surface area contributed by atoms with Gasteiger partial charge in [0.1, 0.15) is 9.86 Å². The molecule has 1 aliphatic rings. The highest BCUT2D eigenvalue weighted by atomic mass is 35.5. The maximum Gasteiger partial charge on any atom is 0.189 e. The van der Waals surface area contributed by atoms with Crippen molar-refractivity contribution in [3.05, 3.63) is 44.2 Å². The maximum atomic E-state index is 6.37. The van der Waals surface area contributed by atoms with Crippen molar-refractivity contribution in [2.75, 3.05) is 6.26 Å². The molecule has 0 saturated carbocycles. The Balaban J connectivity index is 1.75. The van der Waals surface area contributed by atoms with Crippen LogP contribution in [0.4, 0.5) is 0 Å². The van der Waals surface area contributed by atoms with Crippen molar-refractivity contribution >= 4 is 68.3 Å². The zero-order chi connectivity index (χ0) is 19.9. The third-order valence-corrected chi connectivity index (χ3v) is 8.35. The molecule has 3 heterocycles. The Hall–Kier alpha value is -0.500. The van der Waals surface area contributed by atoms with Crippen molar-refractivity contribution in [2.24, 2.45) is 0 Å². The largest absolute Gasteiger partial charge is 0.369 e. The summed E-state index contributed by atoms with van der Waals surface area (Å²) >= 11 is 17.4. The topological polar surface area (TPSA) is 35.0 Å². The van der Waals surface area contributed by atoms with E-state index >= 15 is 0 Å². The van der Waals surface area contributed by atoms with E-state index in [-0.39, 0.29) is 5.60 Å². The van der Waals surface area contributed by atoms with Crippen LogP contribution in [0.1, 0.15) is 36.3 Å². The quantitative estimate of drug-likeness (QED) is 0.222. The number of thioether (sulfide) groups is 2. The van der Waals surface area contributed by atoms with Crippen LogP contribution in [0.25, 0.3) is 10.2 Å². The van der Waals surface area contributed by atoms with Gasteiger partial charge < -0.3 is 4.74 Å². The molecule has 148 valence electrons. The molecule has 0 unspecified atom stereocenters. The number of halogens is 2. The van der Waals surface area contributed by atoms with Gasteiger partial charge in [-0.25, -0.2) is 9.97 Å². The van der Waals surface area contributed by atoms with E-state index in [4.69, 9.17) is 37.9 Å². The van der Waals surface area contributed by atoms with Crippen LogP contribution in [0.3, 0.4) is 0 Å². The lowest BCUT2D eigenvalue weighted by Gasteiger charge is -2.33. The van der Waals surface area contributed by atoms with E-state index < -0.39 is 0 Å². The van der Waals surface area contributed by atoms with Crippen LogP contribution in [0.5, 0.6) is 0 Å². The predicted octanol–water partition coefficient (Wildman–Crippen LogP) is 7.25. The van der Waals surface area contributed by atoms with E-state index in [1.807, 2.05) is 18.4 Å². The fraction of sp³-hybridized carbons (Fsp3) is 0.400. The van der Waals surface area contributed by atoms with Gasteiger partial charge in [0.15, 0.2) is 5.16 Å². The molecular weight excluding hydrogens is 451 g/mol. The minimum atomic E-state index is -0.124. The second kappa shape index (κ2) is 8.32. The Labute approximate surface area is 187 Å². The highest BCUT2D eigenvalue weighted by Crippen LogP contribution is 2.43. The third kappa shape index (κ3) is 4.05. The van der Waals surface area contributed by atoms with Gasteiger partial charge in [-0.3, -0.25) is 0 Å². The average Bonchev–Trinajstić information content (AvgIpc) is 3.04. The van der Waals surface area contributed by atoms with Crippen LogP contribution in [-0.2, 0) is 23.5 Å². The van der Waals surface area contributed by atoms with Crippen LogP contribution in [0.2, 0.25) is 10.0 Å². The van der Waals surface area contributed by atoms with Gasteiger partial charge in [-0.2, -0.15) is 0 Å². The molecule has 4 rings (SSSR count). The highest BCUT2D eigenvalue weighted by molar-refractivity contribution is 7.99. The Morgan fingerprint density at radius 3 is 2.82 bits per heavy atom. The van der Waals surface area contributed by atoms with Gasteiger partial charge in [0.05, 0.1) is 12.2 Å². The monoisotopic (exact) mass is 470 g/mol. The molecule has 1 aliphatic heterocycles. The van der Waals surface area contributed by atoms with Crippen LogP contribution < -0.4 is 0 Å². The normalized spacial score (nSPS) is 19.2. The van der Waals surface area contributed by atoms with Gasteiger partial charge in [0, 0.05) is 32.5 Å². The van der Waals surface area contributed by atoms with Gasteiger partial charge in [-0.05, 0) is 42.9 Å². The second-order valence-electron chi connectivity index (χ2n) is 6.99. The van der Waals surface area contributed by atoms with Gasteiger partial charge in [0.2, 0.25) is 0 Å². The molecule has 1 atom stereocenters. The van der Waals surface area contributed by atoms with E-state index in [0.29, 0.717) is 16.7 Å². The van der Waals surface area contributed by atoms with E-state index in [9.17, 15) is 0 Å². The molecule has 2 aromatic heterocycles. The summed E-state index contributed by atoms with van der Waals surface area (Å²) in [6.07, 6.45) is 3.89. The van der Waals surface area contributed by atoms with Crippen molar-refractivity contribution in [3.8, 4) is 0 Å². The first-order valence-corrected chi connectivity index (χ1v) is 12.8. The van der Waals surface area contributed by atoms with Gasteiger partial charge >= 0.3 is 0 Å². The minimum Gasteiger partial charge on any atom is -0.369 e. The van der Waals surface area contributed by atoms with E-state index in [1.165, 1.54) is 15.8 Å². The molecule has 3 aromatic rings. The number of ether oxygens (including phenoxy) is 1. The van der Waals surface area contributed by atoms with Gasteiger partial charge in [-0.15, -0.1) is 23.1 Å². The minimum absolute atomic E-state index is 0.124. The number of rotatable bonds is 5. The summed E-state index contributed by atoms with van der Waals surface area (Å²) < 4.78 is 6.14. The lowest BCUT2D eigenvalue weighted by molar-refractivity contribution is -0.0543. The molecule has 8 heteroatoms. The number of thiophene rings is 1. The molecule has 0 bridgehead atoms. The lowest BCUT2D eigenvalue weighted by atomic mass is 9.90. The zero-order valence-electron chi connectivity index (χ0n) is 15.8. The third-order valence-electron chi connectivity index (χ3n) is 5.09. The standard InChI is InChI=1S/C20H20Cl2N2OS3/c1-4-20(2)8-13-15(9-25-20)28-18-16(13)17(23-19(24-18)26-3)27-10-11-5-6-12(21)7-14(11)22/h5-7H,4,8-10H2,1-3H3/t20-/m0/s1. The number of aromatic nitrogens is 2. The Morgan fingerprint density at radius 2 is 2.11 bits per heavy atom. The summed E-state index contributed by atoms with van der Waals surface area (Å²) in [4.78, 5) is 12.0. The van der Waals surface area contributed by atoms with Crippen LogP contribution in [0.15, 0.2) is 28.4 Å². The van der Waals surface area contributed by atoms with Gasteiger partial charge in [-0.1, -0.05) is 48.0 Å². The number of hydrogen-bond acceptors (Lipinski definition) is 6. The number of nitrogens with zero attached hydrogens (tertiary/aromatic N) is 2. The number of fused-ring (bicyclic) bond motifs is 3. The average molecular weight is 472 g/mol. The predicted molar refractivity (Wildman–Crippen MR) is 122 cm³/mol. The van der Waals surface area contributed by atoms with Crippen LogP contribution in [-0.4, -0.2) is 21.8 Å². The number of benzene rings is 1. The summed E-state index contributed by atoms with van der Waals surface area (Å²) in [6.45, 7) is 5.03. The molecule has 0 spiro atoms. The Bertz CT molecular complexity index is 1040. The first-order chi connectivity index (χ1) is 13.4. The van der Waals surface area contributed by atoms with Crippen LogP contribution in [0, 0.1) is 0 Å². The highest BCUT2D eigenvalue weighted by Gasteiger charge is 2.33. The van der Waals surface area contributed by atoms with Crippen molar-refractivity contribution in [1.82, 2.24) is 9.97 Å². The lowest BCUT2D eigenvalue weighted by Crippen LogP contribution is -2.33. The summed E-state index contributed by atoms with van der Waals surface area (Å²) in [5.74, 6) is 0.738. The SMILES string of the molecule is CC[C@@]1(C)Cc2c(sc3nc(SC)nc(SCc4ccc(Cl)cc4Cl)c23)CO1. The molecule has 0 amide bonds.